The fraction of sp³-hybridized carbons (Fsp3) is 0.158. The number of amidine groups is 1. The first kappa shape index (κ1) is 17.1. The summed E-state index contributed by atoms with van der Waals surface area (Å²) in [7, 11) is 1.49. The van der Waals surface area contributed by atoms with Crippen molar-refractivity contribution in [1.29, 1.82) is 0 Å². The van der Waals surface area contributed by atoms with Crippen LogP contribution in [0.5, 0.6) is 11.5 Å². The second-order valence-corrected chi connectivity index (χ2v) is 6.43. The maximum Gasteiger partial charge on any atom is 0.264 e. The maximum absolute atomic E-state index is 12.2. The number of amides is 1. The van der Waals surface area contributed by atoms with E-state index in [9.17, 15) is 9.90 Å². The molecule has 0 atom stereocenters. The fourth-order valence-corrected chi connectivity index (χ4v) is 3.28. The summed E-state index contributed by atoms with van der Waals surface area (Å²) >= 11 is 1.29. The minimum atomic E-state index is -0.190. The smallest absolute Gasteiger partial charge is 0.264 e. The lowest BCUT2D eigenvalue weighted by Gasteiger charge is -2.04. The summed E-state index contributed by atoms with van der Waals surface area (Å²) in [6.45, 7) is 2.07. The quantitative estimate of drug-likeness (QED) is 0.818. The number of phenolic OH excluding ortho intramolecular Hbond substituents is 1. The van der Waals surface area contributed by atoms with Gasteiger partial charge >= 0.3 is 0 Å². The third kappa shape index (κ3) is 3.85. The largest absolute Gasteiger partial charge is 0.504 e. The lowest BCUT2D eigenvalue weighted by molar-refractivity contribution is -0.115. The molecule has 0 radical (unpaired) electrons. The van der Waals surface area contributed by atoms with E-state index < -0.39 is 0 Å². The second-order valence-electron chi connectivity index (χ2n) is 5.40. The van der Waals surface area contributed by atoms with Gasteiger partial charge in [-0.2, -0.15) is 0 Å². The van der Waals surface area contributed by atoms with Crippen molar-refractivity contribution in [1.82, 2.24) is 5.32 Å². The number of nitrogens with one attached hydrogen (secondary N) is 1. The highest BCUT2D eigenvalue weighted by atomic mass is 32.2. The molecular weight excluding hydrogens is 336 g/mol. The number of para-hydroxylation sites is 1. The molecule has 2 aromatic carbocycles. The fourth-order valence-electron chi connectivity index (χ4n) is 2.44. The number of hydrogen-bond acceptors (Lipinski definition) is 5. The van der Waals surface area contributed by atoms with E-state index in [1.54, 1.807) is 18.2 Å². The molecule has 2 N–H and O–H groups in total. The topological polar surface area (TPSA) is 70.9 Å². The van der Waals surface area contributed by atoms with Crippen LogP contribution in [-0.4, -0.2) is 23.3 Å². The molecule has 1 amide bonds. The molecule has 0 aliphatic carbocycles. The Labute approximate surface area is 150 Å². The molecule has 1 aliphatic heterocycles. The maximum atomic E-state index is 12.2. The van der Waals surface area contributed by atoms with Gasteiger partial charge in [-0.1, -0.05) is 31.2 Å². The van der Waals surface area contributed by atoms with E-state index in [1.807, 2.05) is 24.3 Å². The molecule has 128 valence electrons. The van der Waals surface area contributed by atoms with Gasteiger partial charge in [0.1, 0.15) is 0 Å². The second kappa shape index (κ2) is 7.44. The van der Waals surface area contributed by atoms with Crippen LogP contribution in [-0.2, 0) is 11.2 Å². The average molecular weight is 354 g/mol. The first-order valence-electron chi connectivity index (χ1n) is 7.85. The number of aliphatic imine (C=N–C) groups is 1. The number of hydrogen-bond donors (Lipinski definition) is 2. The molecule has 1 saturated heterocycles. The molecule has 0 aromatic heterocycles. The SMILES string of the molecule is CCc1ccccc1N=C1NC(=O)/C(=C/c2ccc(O)c(OC)c2)S1. The summed E-state index contributed by atoms with van der Waals surface area (Å²) in [5.74, 6) is 0.236. The lowest BCUT2D eigenvalue weighted by Crippen LogP contribution is -2.19. The van der Waals surface area contributed by atoms with Crippen LogP contribution < -0.4 is 10.1 Å². The Morgan fingerprint density at radius 1 is 1.28 bits per heavy atom. The Morgan fingerprint density at radius 3 is 2.84 bits per heavy atom. The van der Waals surface area contributed by atoms with E-state index in [1.165, 1.54) is 24.9 Å². The van der Waals surface area contributed by atoms with E-state index >= 15 is 0 Å². The molecule has 3 rings (SSSR count). The Kier molecular flexibility index (Phi) is 5.09. The number of carbonyl (C=O) groups is 1. The zero-order chi connectivity index (χ0) is 17.8. The highest BCUT2D eigenvalue weighted by molar-refractivity contribution is 8.18. The van der Waals surface area contributed by atoms with Crippen molar-refractivity contribution in [3.05, 3.63) is 58.5 Å². The number of ether oxygens (including phenoxy) is 1. The Balaban J connectivity index is 1.86. The molecule has 0 unspecified atom stereocenters. The number of aryl methyl sites for hydroxylation is 1. The van der Waals surface area contributed by atoms with Gasteiger partial charge in [0.15, 0.2) is 16.7 Å². The van der Waals surface area contributed by atoms with E-state index in [2.05, 4.69) is 17.2 Å². The molecule has 5 nitrogen and oxygen atoms in total. The van der Waals surface area contributed by atoms with Gasteiger partial charge in [0.25, 0.3) is 5.91 Å². The van der Waals surface area contributed by atoms with Gasteiger partial charge in [-0.15, -0.1) is 0 Å². The normalized spacial score (nSPS) is 17.1. The van der Waals surface area contributed by atoms with Crippen molar-refractivity contribution in [3.63, 3.8) is 0 Å². The standard InChI is InChI=1S/C19H18N2O3S/c1-3-13-6-4-5-7-14(13)20-19-21-18(23)17(25-19)11-12-8-9-15(22)16(10-12)24-2/h4-11,22H,3H2,1-2H3,(H,20,21,23)/b17-11-. The van der Waals surface area contributed by atoms with E-state index in [-0.39, 0.29) is 11.7 Å². The monoisotopic (exact) mass is 354 g/mol. The first-order valence-corrected chi connectivity index (χ1v) is 8.67. The minimum absolute atomic E-state index is 0.0617. The minimum Gasteiger partial charge on any atom is -0.504 e. The van der Waals surface area contributed by atoms with Crippen LogP contribution in [0, 0.1) is 0 Å². The molecule has 1 fully saturated rings. The van der Waals surface area contributed by atoms with Gasteiger partial charge < -0.3 is 15.2 Å². The number of nitrogens with zero attached hydrogens (tertiary/aromatic N) is 1. The molecule has 0 saturated carbocycles. The number of phenols is 1. The molecule has 1 heterocycles. The third-order valence-corrected chi connectivity index (χ3v) is 4.66. The van der Waals surface area contributed by atoms with Gasteiger partial charge in [-0.05, 0) is 53.6 Å². The molecular formula is C19H18N2O3S. The number of carbonyl (C=O) groups excluding carboxylic acids is 1. The number of aromatic hydroxyl groups is 1. The van der Waals surface area contributed by atoms with Crippen molar-refractivity contribution in [2.24, 2.45) is 4.99 Å². The van der Waals surface area contributed by atoms with Crippen LogP contribution in [0.15, 0.2) is 52.4 Å². The summed E-state index contributed by atoms with van der Waals surface area (Å²) in [6, 6.07) is 12.8. The summed E-state index contributed by atoms with van der Waals surface area (Å²) in [5.41, 5.74) is 2.76. The van der Waals surface area contributed by atoms with E-state index in [0.717, 1.165) is 23.2 Å². The molecule has 0 bridgehead atoms. The number of benzene rings is 2. The average Bonchev–Trinajstić information content (AvgIpc) is 2.96. The zero-order valence-electron chi connectivity index (χ0n) is 13.9. The molecule has 1 aliphatic rings. The number of rotatable bonds is 4. The van der Waals surface area contributed by atoms with Crippen molar-refractivity contribution >= 4 is 34.6 Å². The summed E-state index contributed by atoms with van der Waals surface area (Å²) in [6.07, 6.45) is 2.62. The van der Waals surface area contributed by atoms with Crippen molar-refractivity contribution < 1.29 is 14.6 Å². The van der Waals surface area contributed by atoms with Crippen LogP contribution in [0.3, 0.4) is 0 Å². The van der Waals surface area contributed by atoms with Gasteiger partial charge in [0.05, 0.1) is 17.7 Å². The van der Waals surface area contributed by atoms with E-state index in [4.69, 9.17) is 4.74 Å². The lowest BCUT2D eigenvalue weighted by atomic mass is 10.1. The summed E-state index contributed by atoms with van der Waals surface area (Å²) in [4.78, 5) is 17.3. The Hall–Kier alpha value is -2.73. The van der Waals surface area contributed by atoms with Gasteiger partial charge in [0, 0.05) is 0 Å². The van der Waals surface area contributed by atoms with Crippen LogP contribution in [0.25, 0.3) is 6.08 Å². The molecule has 0 spiro atoms. The number of methoxy groups -OCH3 is 1. The highest BCUT2D eigenvalue weighted by Gasteiger charge is 2.24. The van der Waals surface area contributed by atoms with Crippen LogP contribution in [0.1, 0.15) is 18.1 Å². The van der Waals surface area contributed by atoms with E-state index in [0.29, 0.717) is 15.8 Å². The summed E-state index contributed by atoms with van der Waals surface area (Å²) < 4.78 is 5.09. The van der Waals surface area contributed by atoms with Crippen LogP contribution in [0.2, 0.25) is 0 Å². The first-order chi connectivity index (χ1) is 12.1. The molecule has 2 aromatic rings. The van der Waals surface area contributed by atoms with Crippen molar-refractivity contribution in [2.45, 2.75) is 13.3 Å². The van der Waals surface area contributed by atoms with Crippen molar-refractivity contribution in [2.75, 3.05) is 7.11 Å². The third-order valence-electron chi connectivity index (χ3n) is 3.75. The summed E-state index contributed by atoms with van der Waals surface area (Å²) in [5, 5.41) is 13.0. The van der Waals surface area contributed by atoms with Gasteiger partial charge in [0.2, 0.25) is 0 Å². The predicted molar refractivity (Wildman–Crippen MR) is 101 cm³/mol. The van der Waals surface area contributed by atoms with Gasteiger partial charge in [-0.3, -0.25) is 4.79 Å². The molecule has 6 heteroatoms. The number of thioether (sulfide) groups is 1. The van der Waals surface area contributed by atoms with Crippen LogP contribution in [0.4, 0.5) is 5.69 Å². The molecule has 25 heavy (non-hydrogen) atoms. The zero-order valence-corrected chi connectivity index (χ0v) is 14.8. The Morgan fingerprint density at radius 2 is 2.08 bits per heavy atom. The van der Waals surface area contributed by atoms with Gasteiger partial charge in [-0.25, -0.2) is 4.99 Å². The van der Waals surface area contributed by atoms with Crippen LogP contribution >= 0.6 is 11.8 Å². The predicted octanol–water partition coefficient (Wildman–Crippen LogP) is 3.85. The Bertz CT molecular complexity index is 875. The highest BCUT2D eigenvalue weighted by Crippen LogP contribution is 2.32. The van der Waals surface area contributed by atoms with Crippen molar-refractivity contribution in [3.8, 4) is 11.5 Å².